The molecular weight excluding hydrogens is 451 g/mol. The Kier molecular flexibility index (Phi) is 5.46. The Morgan fingerprint density at radius 2 is 1.88 bits per heavy atom. The van der Waals surface area contributed by atoms with Crippen molar-refractivity contribution in [3.8, 4) is 11.5 Å². The molecule has 3 heterocycles. The molecule has 1 aromatic heterocycles. The third-order valence-corrected chi connectivity index (χ3v) is 5.63. The van der Waals surface area contributed by atoms with Gasteiger partial charge in [-0.25, -0.2) is 9.97 Å². The Morgan fingerprint density at radius 3 is 2.69 bits per heavy atom. The van der Waals surface area contributed by atoms with Crippen molar-refractivity contribution in [2.45, 2.75) is 12.0 Å². The Bertz CT molecular complexity index is 1230. The van der Waals surface area contributed by atoms with Gasteiger partial charge in [0.05, 0.1) is 11.9 Å². The van der Waals surface area contributed by atoms with E-state index in [1.807, 2.05) is 30.3 Å². The van der Waals surface area contributed by atoms with E-state index >= 15 is 0 Å². The van der Waals surface area contributed by atoms with E-state index in [0.717, 1.165) is 5.56 Å². The minimum absolute atomic E-state index is 0.134. The van der Waals surface area contributed by atoms with Gasteiger partial charge in [0, 0.05) is 24.5 Å². The van der Waals surface area contributed by atoms with Crippen molar-refractivity contribution in [3.63, 3.8) is 0 Å². The third-order valence-electron chi connectivity index (χ3n) is 5.07. The number of nitrogens with zero attached hydrogens (tertiary/aromatic N) is 6. The molecule has 5 rings (SSSR count). The van der Waals surface area contributed by atoms with Gasteiger partial charge in [0.25, 0.3) is 5.91 Å². The molecule has 2 aliphatic rings. The lowest BCUT2D eigenvalue weighted by Crippen LogP contribution is -2.38. The molecule has 8 nitrogen and oxygen atoms in total. The molecule has 1 unspecified atom stereocenters. The van der Waals surface area contributed by atoms with E-state index in [1.54, 1.807) is 40.4 Å². The molecule has 0 N–H and O–H groups in total. The predicted octanol–water partition coefficient (Wildman–Crippen LogP) is 5.30. The van der Waals surface area contributed by atoms with Gasteiger partial charge in [-0.1, -0.05) is 35.3 Å². The van der Waals surface area contributed by atoms with Gasteiger partial charge in [-0.2, -0.15) is 5.11 Å². The van der Waals surface area contributed by atoms with Gasteiger partial charge in [-0.15, -0.1) is 5.11 Å². The van der Waals surface area contributed by atoms with E-state index in [9.17, 15) is 4.79 Å². The van der Waals surface area contributed by atoms with Gasteiger partial charge < -0.3 is 4.74 Å². The van der Waals surface area contributed by atoms with Gasteiger partial charge in [0.2, 0.25) is 11.6 Å². The quantitative estimate of drug-likeness (QED) is 0.384. The van der Waals surface area contributed by atoms with Crippen molar-refractivity contribution >= 4 is 40.7 Å². The van der Waals surface area contributed by atoms with E-state index < -0.39 is 5.62 Å². The first-order valence-corrected chi connectivity index (χ1v) is 10.6. The number of aromatic nitrogens is 2. The summed E-state index contributed by atoms with van der Waals surface area (Å²) in [7, 11) is 0. The van der Waals surface area contributed by atoms with E-state index in [0.29, 0.717) is 46.8 Å². The zero-order chi connectivity index (χ0) is 22.1. The topological polar surface area (TPSA) is 83.3 Å². The van der Waals surface area contributed by atoms with Crippen LogP contribution in [0.4, 0.5) is 11.6 Å². The average molecular weight is 467 g/mol. The molecule has 0 aliphatic carbocycles. The van der Waals surface area contributed by atoms with Crippen LogP contribution in [0.1, 0.15) is 15.9 Å². The fraction of sp³-hybridized carbons (Fsp3) is 0.136. The predicted molar refractivity (Wildman–Crippen MR) is 121 cm³/mol. The summed E-state index contributed by atoms with van der Waals surface area (Å²) in [4.78, 5) is 24.5. The maximum atomic E-state index is 13.0. The number of azo groups is 1. The molecule has 2 aromatic carbocycles. The molecule has 1 atom stereocenters. The molecule has 0 bridgehead atoms. The van der Waals surface area contributed by atoms with Crippen molar-refractivity contribution in [1.82, 2.24) is 9.97 Å². The number of halogens is 2. The van der Waals surface area contributed by atoms with Crippen LogP contribution < -0.4 is 14.5 Å². The fourth-order valence-corrected chi connectivity index (χ4v) is 4.14. The number of amides is 1. The molecule has 0 spiro atoms. The first-order valence-electron chi connectivity index (χ1n) is 9.79. The first-order chi connectivity index (χ1) is 15.6. The number of fused-ring (bicyclic) bond motifs is 1. The maximum absolute atomic E-state index is 13.0. The second kappa shape index (κ2) is 8.57. The van der Waals surface area contributed by atoms with Gasteiger partial charge in [0.15, 0.2) is 5.75 Å². The molecule has 10 heteroatoms. The normalized spacial score (nSPS) is 17.8. The molecule has 1 amide bonds. The lowest BCUT2D eigenvalue weighted by atomic mass is 9.99. The van der Waals surface area contributed by atoms with Crippen molar-refractivity contribution in [2.24, 2.45) is 10.2 Å². The standard InChI is InChI=1S/C22H16Cl2N6O2/c23-19-13-27-28-21(24)30(19)17-4-1-2-5-18(17)32-15-6-7-16-14(12-15)8-11-29(20(16)31)22-25-9-3-10-26-22/h1-7,9-10,12-13,21H,8,11H2. The van der Waals surface area contributed by atoms with E-state index in [-0.39, 0.29) is 5.91 Å². The monoisotopic (exact) mass is 466 g/mol. The summed E-state index contributed by atoms with van der Waals surface area (Å²) in [6.07, 6.45) is 5.32. The van der Waals surface area contributed by atoms with Crippen molar-refractivity contribution in [3.05, 3.63) is 83.4 Å². The molecule has 32 heavy (non-hydrogen) atoms. The van der Waals surface area contributed by atoms with Crippen LogP contribution in [-0.4, -0.2) is 28.0 Å². The average Bonchev–Trinajstić information content (AvgIpc) is 2.81. The van der Waals surface area contributed by atoms with Crippen molar-refractivity contribution in [1.29, 1.82) is 0 Å². The first kappa shape index (κ1) is 20.4. The number of carbonyl (C=O) groups is 1. The summed E-state index contributed by atoms with van der Waals surface area (Å²) < 4.78 is 6.16. The number of para-hydroxylation sites is 2. The summed E-state index contributed by atoms with van der Waals surface area (Å²) in [5.41, 5.74) is 1.36. The minimum atomic E-state index is -0.787. The summed E-state index contributed by atoms with van der Waals surface area (Å²) in [6.45, 7) is 0.489. The Labute approximate surface area is 193 Å². The maximum Gasteiger partial charge on any atom is 0.260 e. The molecule has 160 valence electrons. The van der Waals surface area contributed by atoms with Gasteiger partial charge in [-0.3, -0.25) is 14.6 Å². The molecular formula is C22H16Cl2N6O2. The van der Waals surface area contributed by atoms with Crippen molar-refractivity contribution in [2.75, 3.05) is 16.3 Å². The molecule has 0 radical (unpaired) electrons. The van der Waals surface area contributed by atoms with Gasteiger partial charge in [-0.05, 0) is 48.4 Å². The fourth-order valence-electron chi connectivity index (χ4n) is 3.60. The highest BCUT2D eigenvalue weighted by Crippen LogP contribution is 2.39. The Morgan fingerprint density at radius 1 is 1.06 bits per heavy atom. The van der Waals surface area contributed by atoms with Crippen LogP contribution in [0.5, 0.6) is 11.5 Å². The highest BCUT2D eigenvalue weighted by atomic mass is 35.5. The summed E-state index contributed by atoms with van der Waals surface area (Å²) in [5.74, 6) is 1.41. The second-order valence-electron chi connectivity index (χ2n) is 7.01. The molecule has 3 aromatic rings. The van der Waals surface area contributed by atoms with E-state index in [1.165, 1.54) is 6.20 Å². The summed E-state index contributed by atoms with van der Waals surface area (Å²) in [6, 6.07) is 14.5. The molecule has 2 aliphatic heterocycles. The van der Waals surface area contributed by atoms with Crippen LogP contribution in [-0.2, 0) is 6.42 Å². The van der Waals surface area contributed by atoms with Gasteiger partial charge in [0.1, 0.15) is 10.9 Å². The summed E-state index contributed by atoms with van der Waals surface area (Å²) >= 11 is 12.6. The SMILES string of the molecule is O=C1c2ccc(Oc3ccccc3N3C(Cl)=CN=NC3Cl)cc2CCN1c1ncccn1. The van der Waals surface area contributed by atoms with E-state index in [2.05, 4.69) is 20.2 Å². The number of benzene rings is 2. The molecule has 0 saturated carbocycles. The zero-order valence-corrected chi connectivity index (χ0v) is 18.1. The number of carbonyl (C=O) groups excluding carboxylic acids is 1. The van der Waals surface area contributed by atoms with Crippen LogP contribution in [0.25, 0.3) is 0 Å². The number of alkyl halides is 1. The number of anilines is 2. The number of rotatable bonds is 4. The van der Waals surface area contributed by atoms with Crippen LogP contribution in [0.3, 0.4) is 0 Å². The van der Waals surface area contributed by atoms with E-state index in [4.69, 9.17) is 27.9 Å². The summed E-state index contributed by atoms with van der Waals surface area (Å²) in [5, 5.41) is 8.04. The van der Waals surface area contributed by atoms with Crippen LogP contribution in [0, 0.1) is 0 Å². The number of hydrogen-bond acceptors (Lipinski definition) is 7. The number of hydrogen-bond donors (Lipinski definition) is 0. The lowest BCUT2D eigenvalue weighted by molar-refractivity contribution is 0.0979. The Balaban J connectivity index is 1.42. The zero-order valence-electron chi connectivity index (χ0n) is 16.6. The molecule has 0 fully saturated rings. The minimum Gasteiger partial charge on any atom is -0.455 e. The van der Waals surface area contributed by atoms with Crippen LogP contribution >= 0.6 is 23.2 Å². The molecule has 0 saturated heterocycles. The second-order valence-corrected chi connectivity index (χ2v) is 7.79. The van der Waals surface area contributed by atoms with Crippen LogP contribution in [0.2, 0.25) is 0 Å². The lowest BCUT2D eigenvalue weighted by Gasteiger charge is -2.29. The van der Waals surface area contributed by atoms with Gasteiger partial charge >= 0.3 is 0 Å². The highest BCUT2D eigenvalue weighted by Gasteiger charge is 2.28. The largest absolute Gasteiger partial charge is 0.455 e. The van der Waals surface area contributed by atoms with Crippen molar-refractivity contribution < 1.29 is 9.53 Å². The number of ether oxygens (including phenoxy) is 1. The smallest absolute Gasteiger partial charge is 0.260 e. The Hall–Kier alpha value is -3.49. The highest BCUT2D eigenvalue weighted by molar-refractivity contribution is 6.33. The third kappa shape index (κ3) is 3.79. The van der Waals surface area contributed by atoms with Crippen LogP contribution in [0.15, 0.2) is 82.5 Å².